The molecule has 0 spiro atoms. The number of nitrogens with two attached hydrogens (primary N) is 1. The van der Waals surface area contributed by atoms with E-state index >= 15 is 0 Å². The molecular formula is C18H20N4. The number of rotatable bonds is 2. The van der Waals surface area contributed by atoms with Gasteiger partial charge in [-0.2, -0.15) is 0 Å². The monoisotopic (exact) mass is 292 g/mol. The number of aryl methyl sites for hydroxylation is 1. The third-order valence-corrected chi connectivity index (χ3v) is 4.64. The summed E-state index contributed by atoms with van der Waals surface area (Å²) in [4.78, 5) is 7.07. The average molecular weight is 292 g/mol. The van der Waals surface area contributed by atoms with Crippen LogP contribution in [0.4, 0.5) is 5.69 Å². The first kappa shape index (κ1) is 13.3. The lowest BCUT2D eigenvalue weighted by Crippen LogP contribution is -2.30. The summed E-state index contributed by atoms with van der Waals surface area (Å²) in [7, 11) is 2.02. The van der Waals surface area contributed by atoms with Gasteiger partial charge in [-0.25, -0.2) is 4.98 Å². The molecule has 112 valence electrons. The lowest BCUT2D eigenvalue weighted by molar-refractivity contribution is 0.732. The van der Waals surface area contributed by atoms with Crippen LogP contribution in [-0.2, 0) is 26.6 Å². The van der Waals surface area contributed by atoms with E-state index in [1.165, 1.54) is 16.8 Å². The van der Waals surface area contributed by atoms with Crippen LogP contribution in [0.2, 0.25) is 0 Å². The molecule has 22 heavy (non-hydrogen) atoms. The second-order valence-electron chi connectivity index (χ2n) is 5.90. The van der Waals surface area contributed by atoms with Crippen molar-refractivity contribution in [2.75, 3.05) is 11.4 Å². The molecule has 2 N–H and O–H groups in total. The number of fused-ring (bicyclic) bond motifs is 2. The number of benzene rings is 2. The zero-order chi connectivity index (χ0) is 15.1. The summed E-state index contributed by atoms with van der Waals surface area (Å²) < 4.78 is 2.07. The molecule has 3 aromatic rings. The van der Waals surface area contributed by atoms with E-state index in [-0.39, 0.29) is 0 Å². The van der Waals surface area contributed by atoms with Crippen LogP contribution in [0.1, 0.15) is 17.0 Å². The van der Waals surface area contributed by atoms with Gasteiger partial charge in [0.05, 0.1) is 17.6 Å². The number of imidazole rings is 1. The summed E-state index contributed by atoms with van der Waals surface area (Å²) in [5, 5.41) is 0. The van der Waals surface area contributed by atoms with Crippen LogP contribution in [0, 0.1) is 0 Å². The first-order valence-corrected chi connectivity index (χ1v) is 7.73. The highest BCUT2D eigenvalue weighted by atomic mass is 15.1. The fraction of sp³-hybridized carbons (Fsp3) is 0.278. The molecule has 0 bridgehead atoms. The Labute approximate surface area is 130 Å². The maximum atomic E-state index is 5.75. The molecule has 1 aromatic heterocycles. The third kappa shape index (κ3) is 2.07. The van der Waals surface area contributed by atoms with Crippen LogP contribution < -0.4 is 10.6 Å². The zero-order valence-electron chi connectivity index (χ0n) is 12.8. The molecule has 4 rings (SSSR count). The predicted octanol–water partition coefficient (Wildman–Crippen LogP) is 2.59. The van der Waals surface area contributed by atoms with Crippen molar-refractivity contribution in [3.8, 4) is 0 Å². The zero-order valence-corrected chi connectivity index (χ0v) is 12.8. The Morgan fingerprint density at radius 3 is 2.77 bits per heavy atom. The number of anilines is 1. The molecule has 0 atom stereocenters. The molecule has 1 aliphatic heterocycles. The van der Waals surface area contributed by atoms with Gasteiger partial charge in [0, 0.05) is 25.8 Å². The van der Waals surface area contributed by atoms with Crippen molar-refractivity contribution < 1.29 is 0 Å². The molecule has 0 saturated carbocycles. The maximum absolute atomic E-state index is 5.75. The van der Waals surface area contributed by atoms with Crippen molar-refractivity contribution in [3.05, 3.63) is 59.4 Å². The molecule has 4 nitrogen and oxygen atoms in total. The minimum Gasteiger partial charge on any atom is -0.367 e. The molecule has 0 radical (unpaired) electrons. The topological polar surface area (TPSA) is 47.1 Å². The third-order valence-electron chi connectivity index (χ3n) is 4.64. The fourth-order valence-electron chi connectivity index (χ4n) is 3.33. The first-order chi connectivity index (χ1) is 10.8. The maximum Gasteiger partial charge on any atom is 0.123 e. The summed E-state index contributed by atoms with van der Waals surface area (Å²) in [6, 6.07) is 15.2. The largest absolute Gasteiger partial charge is 0.367 e. The Hall–Kier alpha value is -2.33. The summed E-state index contributed by atoms with van der Waals surface area (Å²) >= 11 is 0. The van der Waals surface area contributed by atoms with Crippen molar-refractivity contribution in [2.45, 2.75) is 19.5 Å². The summed E-state index contributed by atoms with van der Waals surface area (Å²) in [6.07, 6.45) is 1.10. The van der Waals surface area contributed by atoms with Gasteiger partial charge in [0.15, 0.2) is 0 Å². The molecule has 0 amide bonds. The highest BCUT2D eigenvalue weighted by molar-refractivity contribution is 5.80. The minimum atomic E-state index is 0.470. The second-order valence-corrected chi connectivity index (χ2v) is 5.90. The number of hydrogen-bond acceptors (Lipinski definition) is 3. The number of hydrogen-bond donors (Lipinski definition) is 1. The molecule has 0 aliphatic carbocycles. The van der Waals surface area contributed by atoms with E-state index in [1.807, 2.05) is 7.05 Å². The van der Waals surface area contributed by atoms with Crippen molar-refractivity contribution in [2.24, 2.45) is 12.8 Å². The van der Waals surface area contributed by atoms with Crippen LogP contribution in [0.3, 0.4) is 0 Å². The number of nitrogens with zero attached hydrogens (tertiary/aromatic N) is 3. The van der Waals surface area contributed by atoms with Gasteiger partial charge in [-0.3, -0.25) is 0 Å². The summed E-state index contributed by atoms with van der Waals surface area (Å²) in [5.74, 6) is 0.927. The Morgan fingerprint density at radius 2 is 1.95 bits per heavy atom. The molecule has 0 unspecified atom stereocenters. The fourth-order valence-corrected chi connectivity index (χ4v) is 3.33. The predicted molar refractivity (Wildman–Crippen MR) is 89.8 cm³/mol. The first-order valence-electron chi connectivity index (χ1n) is 7.73. The van der Waals surface area contributed by atoms with Crippen LogP contribution in [-0.4, -0.2) is 16.1 Å². The Bertz CT molecular complexity index is 834. The van der Waals surface area contributed by atoms with Crippen molar-refractivity contribution in [1.29, 1.82) is 0 Å². The smallest absolute Gasteiger partial charge is 0.123 e. The SMILES string of the molecule is Cn1c(CN)nc2cc(N3CCc4ccccc4C3)ccc21. The van der Waals surface area contributed by atoms with Crippen LogP contribution >= 0.6 is 0 Å². The lowest BCUT2D eigenvalue weighted by Gasteiger charge is -2.30. The highest BCUT2D eigenvalue weighted by Gasteiger charge is 2.17. The molecule has 2 aromatic carbocycles. The van der Waals surface area contributed by atoms with Crippen LogP contribution in [0.5, 0.6) is 0 Å². The summed E-state index contributed by atoms with van der Waals surface area (Å²) in [5.41, 5.74) is 12.1. The van der Waals surface area contributed by atoms with Crippen LogP contribution in [0.15, 0.2) is 42.5 Å². The van der Waals surface area contributed by atoms with Gasteiger partial charge in [0.2, 0.25) is 0 Å². The van der Waals surface area contributed by atoms with Gasteiger partial charge in [-0.05, 0) is 35.7 Å². The van der Waals surface area contributed by atoms with E-state index in [1.54, 1.807) is 0 Å². The quantitative estimate of drug-likeness (QED) is 0.790. The Morgan fingerprint density at radius 1 is 1.14 bits per heavy atom. The molecule has 0 fully saturated rings. The van der Waals surface area contributed by atoms with E-state index in [0.717, 1.165) is 36.4 Å². The van der Waals surface area contributed by atoms with E-state index in [2.05, 4.69) is 56.9 Å². The Balaban J connectivity index is 1.70. The number of aromatic nitrogens is 2. The van der Waals surface area contributed by atoms with Crippen molar-refractivity contribution in [3.63, 3.8) is 0 Å². The van der Waals surface area contributed by atoms with Crippen LogP contribution in [0.25, 0.3) is 11.0 Å². The summed E-state index contributed by atoms with van der Waals surface area (Å²) in [6.45, 7) is 2.50. The normalized spacial score (nSPS) is 14.4. The molecule has 2 heterocycles. The van der Waals surface area contributed by atoms with E-state index < -0.39 is 0 Å². The van der Waals surface area contributed by atoms with E-state index in [4.69, 9.17) is 5.73 Å². The molecule has 1 aliphatic rings. The lowest BCUT2D eigenvalue weighted by atomic mass is 9.99. The molecule has 4 heteroatoms. The van der Waals surface area contributed by atoms with Gasteiger partial charge >= 0.3 is 0 Å². The molecular weight excluding hydrogens is 272 g/mol. The van der Waals surface area contributed by atoms with Gasteiger partial charge in [-0.1, -0.05) is 24.3 Å². The molecule has 0 saturated heterocycles. The Kier molecular flexibility index (Phi) is 3.12. The van der Waals surface area contributed by atoms with Gasteiger partial charge < -0.3 is 15.2 Å². The van der Waals surface area contributed by atoms with E-state index in [9.17, 15) is 0 Å². The van der Waals surface area contributed by atoms with Crippen molar-refractivity contribution >= 4 is 16.7 Å². The minimum absolute atomic E-state index is 0.470. The van der Waals surface area contributed by atoms with Gasteiger partial charge in [-0.15, -0.1) is 0 Å². The highest BCUT2D eigenvalue weighted by Crippen LogP contribution is 2.27. The van der Waals surface area contributed by atoms with E-state index in [0.29, 0.717) is 6.54 Å². The standard InChI is InChI=1S/C18H20N4/c1-21-17-7-6-15(10-16(17)20-18(21)11-19)22-9-8-13-4-2-3-5-14(13)12-22/h2-7,10H,8-9,11-12,19H2,1H3. The second kappa shape index (κ2) is 5.14. The van der Waals surface area contributed by atoms with Gasteiger partial charge in [0.25, 0.3) is 0 Å². The average Bonchev–Trinajstić information content (AvgIpc) is 2.90. The van der Waals surface area contributed by atoms with Gasteiger partial charge in [0.1, 0.15) is 5.82 Å². The van der Waals surface area contributed by atoms with Crippen molar-refractivity contribution in [1.82, 2.24) is 9.55 Å².